The Balaban J connectivity index is 3.39. The monoisotopic (exact) mass is 152 g/mol. The fraction of sp³-hybridized carbons (Fsp3) is 0. The van der Waals surface area contributed by atoms with Crippen molar-refractivity contribution in [3.8, 4) is 0 Å². The Labute approximate surface area is 64.3 Å². The number of aromatic nitrogens is 2. The fourth-order valence-corrected chi connectivity index (χ4v) is 0.989. The molecule has 1 rings (SSSR count). The maximum atomic E-state index is 4.93. The van der Waals surface area contributed by atoms with Gasteiger partial charge in [-0.25, -0.2) is 0 Å². The average Bonchev–Trinajstić information content (AvgIpc) is 2.30. The molecule has 0 aliphatic carbocycles. The van der Waals surface area contributed by atoms with E-state index in [9.17, 15) is 0 Å². The highest BCUT2D eigenvalue weighted by Crippen LogP contribution is 2.08. The first-order valence-electron chi connectivity index (χ1n) is 2.85. The number of hydrogen-bond donors (Lipinski definition) is 2. The molecule has 0 atom stereocenters. The van der Waals surface area contributed by atoms with Crippen LogP contribution in [0.3, 0.4) is 0 Å². The lowest BCUT2D eigenvalue weighted by atomic mass is 10.2. The summed E-state index contributed by atoms with van der Waals surface area (Å²) in [5.74, 6) is 0. The molecule has 10 heavy (non-hydrogen) atoms. The first-order valence-corrected chi connectivity index (χ1v) is 3.26. The molecule has 3 heteroatoms. The standard InChI is InChI=1S/C7H8N2S/c1-3-5-6(4-2)8-9-7(5)10/h3-4H,1-2H2,(H2,8,9,10). The first kappa shape index (κ1) is 7.02. The SMILES string of the molecule is C=Cc1[nH][nH]c(=S)c1C=C. The minimum atomic E-state index is 0.671. The molecule has 0 saturated heterocycles. The molecule has 1 aromatic heterocycles. The Morgan fingerprint density at radius 1 is 1.20 bits per heavy atom. The minimum Gasteiger partial charge on any atom is -0.299 e. The van der Waals surface area contributed by atoms with Gasteiger partial charge in [-0.3, -0.25) is 10.2 Å². The molecule has 2 N–H and O–H groups in total. The Hall–Kier alpha value is -1.09. The van der Waals surface area contributed by atoms with Crippen LogP contribution >= 0.6 is 12.2 Å². The van der Waals surface area contributed by atoms with Crippen LogP contribution in [0.15, 0.2) is 13.2 Å². The van der Waals surface area contributed by atoms with Gasteiger partial charge in [0.25, 0.3) is 0 Å². The molecule has 0 unspecified atom stereocenters. The molecule has 52 valence electrons. The second-order valence-electron chi connectivity index (χ2n) is 1.81. The third-order valence-corrected chi connectivity index (χ3v) is 1.58. The van der Waals surface area contributed by atoms with Gasteiger partial charge in [0, 0.05) is 5.56 Å². The van der Waals surface area contributed by atoms with Crippen molar-refractivity contribution in [2.45, 2.75) is 0 Å². The van der Waals surface area contributed by atoms with Crippen LogP contribution in [-0.2, 0) is 0 Å². The van der Waals surface area contributed by atoms with Gasteiger partial charge in [-0.15, -0.1) is 0 Å². The third-order valence-electron chi connectivity index (χ3n) is 1.25. The molecule has 0 bridgehead atoms. The van der Waals surface area contributed by atoms with Crippen molar-refractivity contribution in [3.63, 3.8) is 0 Å². The van der Waals surface area contributed by atoms with Gasteiger partial charge in [-0.1, -0.05) is 31.5 Å². The van der Waals surface area contributed by atoms with Crippen molar-refractivity contribution in [1.82, 2.24) is 10.2 Å². The lowest BCUT2D eigenvalue weighted by Crippen LogP contribution is -1.72. The largest absolute Gasteiger partial charge is 0.299 e. The molecule has 0 spiro atoms. The van der Waals surface area contributed by atoms with E-state index in [-0.39, 0.29) is 0 Å². The van der Waals surface area contributed by atoms with Crippen molar-refractivity contribution >= 4 is 24.4 Å². The smallest absolute Gasteiger partial charge is 0.127 e. The summed E-state index contributed by atoms with van der Waals surface area (Å²) in [6.45, 7) is 7.23. The van der Waals surface area contributed by atoms with E-state index < -0.39 is 0 Å². The summed E-state index contributed by atoms with van der Waals surface area (Å²) < 4.78 is 0.671. The van der Waals surface area contributed by atoms with Gasteiger partial charge in [0.2, 0.25) is 0 Å². The summed E-state index contributed by atoms with van der Waals surface area (Å²) in [7, 11) is 0. The lowest BCUT2D eigenvalue weighted by molar-refractivity contribution is 1.07. The van der Waals surface area contributed by atoms with E-state index in [1.54, 1.807) is 12.2 Å². The van der Waals surface area contributed by atoms with E-state index >= 15 is 0 Å². The Morgan fingerprint density at radius 2 is 1.90 bits per heavy atom. The van der Waals surface area contributed by atoms with Crippen LogP contribution < -0.4 is 0 Å². The van der Waals surface area contributed by atoms with E-state index in [0.717, 1.165) is 11.3 Å². The van der Waals surface area contributed by atoms with Crippen molar-refractivity contribution in [1.29, 1.82) is 0 Å². The van der Waals surface area contributed by atoms with Gasteiger partial charge >= 0.3 is 0 Å². The van der Waals surface area contributed by atoms with Crippen LogP contribution in [0.1, 0.15) is 11.3 Å². The van der Waals surface area contributed by atoms with Gasteiger partial charge < -0.3 is 0 Å². The fourth-order valence-electron chi connectivity index (χ4n) is 0.745. The molecule has 0 radical (unpaired) electrons. The highest BCUT2D eigenvalue weighted by molar-refractivity contribution is 7.71. The lowest BCUT2D eigenvalue weighted by Gasteiger charge is -1.84. The Bertz CT molecular complexity index is 306. The Morgan fingerprint density at radius 3 is 2.30 bits per heavy atom. The van der Waals surface area contributed by atoms with Crippen LogP contribution in [0.2, 0.25) is 0 Å². The summed E-state index contributed by atoms with van der Waals surface area (Å²) in [4.78, 5) is 0. The highest BCUT2D eigenvalue weighted by Gasteiger charge is 1.96. The molecular formula is C7H8N2S. The van der Waals surface area contributed by atoms with Crippen molar-refractivity contribution < 1.29 is 0 Å². The normalized spacial score (nSPS) is 9.20. The first-order chi connectivity index (χ1) is 4.79. The molecule has 0 fully saturated rings. The molecule has 0 aliphatic rings. The van der Waals surface area contributed by atoms with Crippen molar-refractivity contribution in [3.05, 3.63) is 29.1 Å². The van der Waals surface area contributed by atoms with Crippen molar-refractivity contribution in [2.75, 3.05) is 0 Å². The predicted molar refractivity (Wildman–Crippen MR) is 46.2 cm³/mol. The van der Waals surface area contributed by atoms with E-state index in [1.165, 1.54) is 0 Å². The van der Waals surface area contributed by atoms with Crippen LogP contribution in [0.4, 0.5) is 0 Å². The van der Waals surface area contributed by atoms with Crippen LogP contribution in [-0.4, -0.2) is 10.2 Å². The zero-order chi connectivity index (χ0) is 7.56. The second-order valence-corrected chi connectivity index (χ2v) is 2.22. The van der Waals surface area contributed by atoms with Crippen molar-refractivity contribution in [2.24, 2.45) is 0 Å². The molecule has 0 aliphatic heterocycles. The number of rotatable bonds is 2. The second kappa shape index (κ2) is 2.66. The molecule has 0 aromatic carbocycles. The molecule has 1 aromatic rings. The average molecular weight is 152 g/mol. The highest BCUT2D eigenvalue weighted by atomic mass is 32.1. The van der Waals surface area contributed by atoms with E-state index in [2.05, 4.69) is 23.4 Å². The zero-order valence-electron chi connectivity index (χ0n) is 5.48. The quantitative estimate of drug-likeness (QED) is 0.626. The summed E-state index contributed by atoms with van der Waals surface area (Å²) >= 11 is 4.93. The zero-order valence-corrected chi connectivity index (χ0v) is 6.29. The van der Waals surface area contributed by atoms with Gasteiger partial charge in [-0.05, 0) is 6.08 Å². The topological polar surface area (TPSA) is 31.6 Å². The molecule has 0 amide bonds. The molecular weight excluding hydrogens is 144 g/mol. The van der Waals surface area contributed by atoms with Gasteiger partial charge in [0.1, 0.15) is 4.64 Å². The van der Waals surface area contributed by atoms with Gasteiger partial charge in [-0.2, -0.15) is 0 Å². The number of aromatic amines is 2. The van der Waals surface area contributed by atoms with Gasteiger partial charge in [0.05, 0.1) is 5.69 Å². The Kier molecular flexibility index (Phi) is 1.87. The van der Waals surface area contributed by atoms with E-state index in [4.69, 9.17) is 12.2 Å². The maximum Gasteiger partial charge on any atom is 0.127 e. The van der Waals surface area contributed by atoms with Crippen LogP contribution in [0.5, 0.6) is 0 Å². The van der Waals surface area contributed by atoms with E-state index in [0.29, 0.717) is 4.64 Å². The number of H-pyrrole nitrogens is 2. The number of hydrogen-bond acceptors (Lipinski definition) is 1. The number of nitrogens with one attached hydrogen (secondary N) is 2. The maximum absolute atomic E-state index is 4.93. The summed E-state index contributed by atoms with van der Waals surface area (Å²) in [6.07, 6.45) is 3.40. The third kappa shape index (κ3) is 0.953. The van der Waals surface area contributed by atoms with Crippen LogP contribution in [0.25, 0.3) is 12.2 Å². The summed E-state index contributed by atoms with van der Waals surface area (Å²) in [6, 6.07) is 0. The molecule has 2 nitrogen and oxygen atoms in total. The molecule has 1 heterocycles. The van der Waals surface area contributed by atoms with Gasteiger partial charge in [0.15, 0.2) is 0 Å². The van der Waals surface area contributed by atoms with Crippen LogP contribution in [0, 0.1) is 4.64 Å². The summed E-state index contributed by atoms with van der Waals surface area (Å²) in [5.41, 5.74) is 1.80. The van der Waals surface area contributed by atoms with E-state index in [1.807, 2.05) is 0 Å². The molecule has 0 saturated carbocycles. The minimum absolute atomic E-state index is 0.671. The predicted octanol–water partition coefficient (Wildman–Crippen LogP) is 2.36. The summed E-state index contributed by atoms with van der Waals surface area (Å²) in [5, 5.41) is 5.64.